The number of Topliss-reactive ketones (excluding diaryl/α,β-unsaturated/α-hetero) is 1. The van der Waals surface area contributed by atoms with E-state index in [1.54, 1.807) is 6.92 Å². The van der Waals surface area contributed by atoms with Crippen molar-refractivity contribution in [2.75, 3.05) is 11.9 Å². The van der Waals surface area contributed by atoms with Gasteiger partial charge in [-0.05, 0) is 31.0 Å². The highest BCUT2D eigenvalue weighted by atomic mass is 16.5. The molecule has 1 aliphatic rings. The van der Waals surface area contributed by atoms with Crippen LogP contribution in [0.3, 0.4) is 0 Å². The molecular formula is C12H13NO3. The number of amides is 1. The van der Waals surface area contributed by atoms with Crippen molar-refractivity contribution >= 4 is 17.4 Å². The van der Waals surface area contributed by atoms with Crippen LogP contribution in [0.4, 0.5) is 5.69 Å². The summed E-state index contributed by atoms with van der Waals surface area (Å²) < 4.78 is 5.29. The zero-order valence-electron chi connectivity index (χ0n) is 9.08. The average molecular weight is 219 g/mol. The van der Waals surface area contributed by atoms with E-state index in [4.69, 9.17) is 4.74 Å². The monoisotopic (exact) mass is 219 g/mol. The zero-order valence-corrected chi connectivity index (χ0v) is 9.08. The smallest absolute Gasteiger partial charge is 0.262 e. The first-order chi connectivity index (χ1) is 7.65. The fourth-order valence-electron chi connectivity index (χ4n) is 1.59. The number of carbonyl (C=O) groups is 2. The van der Waals surface area contributed by atoms with Gasteiger partial charge >= 0.3 is 0 Å². The number of aryl methyl sites for hydroxylation is 1. The van der Waals surface area contributed by atoms with Crippen molar-refractivity contribution in [3.8, 4) is 5.75 Å². The summed E-state index contributed by atoms with van der Waals surface area (Å²) in [5.74, 6) is 0.719. The number of hydrogen-bond donors (Lipinski definition) is 1. The van der Waals surface area contributed by atoms with E-state index in [1.165, 1.54) is 0 Å². The zero-order chi connectivity index (χ0) is 11.5. The predicted molar refractivity (Wildman–Crippen MR) is 59.6 cm³/mol. The summed E-state index contributed by atoms with van der Waals surface area (Å²) in [6.07, 6.45) is 1.24. The lowest BCUT2D eigenvalue weighted by Gasteiger charge is -2.18. The molecular weight excluding hydrogens is 206 g/mol. The summed E-state index contributed by atoms with van der Waals surface area (Å²) in [5.41, 5.74) is 1.74. The van der Waals surface area contributed by atoms with Crippen molar-refractivity contribution in [2.45, 2.75) is 19.8 Å². The van der Waals surface area contributed by atoms with Crippen LogP contribution in [0.25, 0.3) is 0 Å². The van der Waals surface area contributed by atoms with Gasteiger partial charge in [-0.1, -0.05) is 6.07 Å². The van der Waals surface area contributed by atoms with E-state index in [9.17, 15) is 9.59 Å². The molecule has 1 amide bonds. The van der Waals surface area contributed by atoms with Crippen LogP contribution in [0.15, 0.2) is 18.2 Å². The molecule has 0 unspecified atom stereocenters. The summed E-state index contributed by atoms with van der Waals surface area (Å²) in [6.45, 7) is 1.64. The SMILES string of the molecule is CC(=O)CCc1ccc2c(c1)OCC(=O)N2. The molecule has 0 aromatic heterocycles. The number of hydrogen-bond acceptors (Lipinski definition) is 3. The number of ether oxygens (including phenoxy) is 1. The molecule has 1 aromatic carbocycles. The molecule has 84 valence electrons. The lowest BCUT2D eigenvalue weighted by atomic mass is 10.1. The summed E-state index contributed by atoms with van der Waals surface area (Å²) in [5, 5.41) is 2.72. The predicted octanol–water partition coefficient (Wildman–Crippen LogP) is 1.54. The van der Waals surface area contributed by atoms with Crippen LogP contribution in [0.1, 0.15) is 18.9 Å². The second-order valence-corrected chi connectivity index (χ2v) is 3.87. The Hall–Kier alpha value is -1.84. The molecule has 1 aliphatic heterocycles. The first kappa shape index (κ1) is 10.7. The fraction of sp³-hybridized carbons (Fsp3) is 0.333. The first-order valence-electron chi connectivity index (χ1n) is 5.20. The van der Waals surface area contributed by atoms with E-state index >= 15 is 0 Å². The third-order valence-electron chi connectivity index (χ3n) is 2.44. The van der Waals surface area contributed by atoms with Gasteiger partial charge in [-0.2, -0.15) is 0 Å². The van der Waals surface area contributed by atoms with E-state index < -0.39 is 0 Å². The molecule has 1 N–H and O–H groups in total. The second kappa shape index (κ2) is 4.35. The van der Waals surface area contributed by atoms with Crippen LogP contribution in [-0.4, -0.2) is 18.3 Å². The van der Waals surface area contributed by atoms with Crippen molar-refractivity contribution in [3.63, 3.8) is 0 Å². The molecule has 0 saturated carbocycles. The van der Waals surface area contributed by atoms with Gasteiger partial charge in [0.1, 0.15) is 11.5 Å². The number of fused-ring (bicyclic) bond motifs is 1. The van der Waals surface area contributed by atoms with Crippen molar-refractivity contribution in [2.24, 2.45) is 0 Å². The van der Waals surface area contributed by atoms with Gasteiger partial charge < -0.3 is 14.8 Å². The van der Waals surface area contributed by atoms with Crippen LogP contribution >= 0.6 is 0 Å². The van der Waals surface area contributed by atoms with Gasteiger partial charge in [-0.25, -0.2) is 0 Å². The van der Waals surface area contributed by atoms with E-state index in [2.05, 4.69) is 5.32 Å². The Balaban J connectivity index is 2.13. The highest BCUT2D eigenvalue weighted by Crippen LogP contribution is 2.28. The molecule has 2 rings (SSSR count). The first-order valence-corrected chi connectivity index (χ1v) is 5.20. The molecule has 0 fully saturated rings. The maximum Gasteiger partial charge on any atom is 0.262 e. The third-order valence-corrected chi connectivity index (χ3v) is 2.44. The van der Waals surface area contributed by atoms with E-state index in [-0.39, 0.29) is 18.3 Å². The Morgan fingerprint density at radius 2 is 2.31 bits per heavy atom. The van der Waals surface area contributed by atoms with Crippen molar-refractivity contribution in [1.29, 1.82) is 0 Å². The molecule has 1 heterocycles. The molecule has 0 aliphatic carbocycles. The number of ketones is 1. The number of nitrogens with one attached hydrogen (secondary N) is 1. The molecule has 0 spiro atoms. The molecule has 16 heavy (non-hydrogen) atoms. The molecule has 1 aromatic rings. The Labute approximate surface area is 93.6 Å². The number of carbonyl (C=O) groups excluding carboxylic acids is 2. The van der Waals surface area contributed by atoms with Gasteiger partial charge in [0.05, 0.1) is 5.69 Å². The maximum atomic E-state index is 11.0. The lowest BCUT2D eigenvalue weighted by Crippen LogP contribution is -2.25. The van der Waals surface area contributed by atoms with Gasteiger partial charge in [0.25, 0.3) is 5.91 Å². The number of benzene rings is 1. The molecule has 0 radical (unpaired) electrons. The summed E-state index contributed by atoms with van der Waals surface area (Å²) in [7, 11) is 0. The van der Waals surface area contributed by atoms with Gasteiger partial charge in [0.2, 0.25) is 0 Å². The fourth-order valence-corrected chi connectivity index (χ4v) is 1.59. The summed E-state index contributed by atoms with van der Waals surface area (Å²) in [4.78, 5) is 21.9. The second-order valence-electron chi connectivity index (χ2n) is 3.87. The topological polar surface area (TPSA) is 55.4 Å². The van der Waals surface area contributed by atoms with Gasteiger partial charge in [-0.3, -0.25) is 4.79 Å². The van der Waals surface area contributed by atoms with Gasteiger partial charge in [-0.15, -0.1) is 0 Å². The maximum absolute atomic E-state index is 11.0. The lowest BCUT2D eigenvalue weighted by molar-refractivity contribution is -0.118. The third kappa shape index (κ3) is 2.39. The Kier molecular flexibility index (Phi) is 2.90. The quantitative estimate of drug-likeness (QED) is 0.838. The van der Waals surface area contributed by atoms with Crippen molar-refractivity contribution in [1.82, 2.24) is 0 Å². The Morgan fingerprint density at radius 1 is 1.50 bits per heavy atom. The van der Waals surface area contributed by atoms with Crippen molar-refractivity contribution < 1.29 is 14.3 Å². The summed E-state index contributed by atoms with van der Waals surface area (Å²) in [6, 6.07) is 5.58. The highest BCUT2D eigenvalue weighted by molar-refractivity contribution is 5.95. The number of rotatable bonds is 3. The number of anilines is 1. The standard InChI is InChI=1S/C12H13NO3/c1-8(14)2-3-9-4-5-10-11(6-9)16-7-12(15)13-10/h4-6H,2-3,7H2,1H3,(H,13,15). The molecule has 4 nitrogen and oxygen atoms in total. The molecule has 4 heteroatoms. The average Bonchev–Trinajstić information content (AvgIpc) is 2.26. The van der Waals surface area contributed by atoms with Crippen LogP contribution in [-0.2, 0) is 16.0 Å². The molecule has 0 saturated heterocycles. The largest absolute Gasteiger partial charge is 0.482 e. The van der Waals surface area contributed by atoms with E-state index in [0.717, 1.165) is 5.56 Å². The Morgan fingerprint density at radius 3 is 3.06 bits per heavy atom. The molecule has 0 bridgehead atoms. The van der Waals surface area contributed by atoms with Crippen LogP contribution in [0, 0.1) is 0 Å². The Bertz CT molecular complexity index is 440. The van der Waals surface area contributed by atoms with E-state index in [0.29, 0.717) is 24.3 Å². The highest BCUT2D eigenvalue weighted by Gasteiger charge is 2.15. The van der Waals surface area contributed by atoms with Crippen molar-refractivity contribution in [3.05, 3.63) is 23.8 Å². The van der Waals surface area contributed by atoms with Crippen LogP contribution in [0.5, 0.6) is 5.75 Å². The van der Waals surface area contributed by atoms with Crippen LogP contribution in [0.2, 0.25) is 0 Å². The van der Waals surface area contributed by atoms with E-state index in [1.807, 2.05) is 18.2 Å². The summed E-state index contributed by atoms with van der Waals surface area (Å²) >= 11 is 0. The minimum Gasteiger partial charge on any atom is -0.482 e. The van der Waals surface area contributed by atoms with Crippen LogP contribution < -0.4 is 10.1 Å². The minimum atomic E-state index is -0.135. The van der Waals surface area contributed by atoms with Gasteiger partial charge in [0.15, 0.2) is 6.61 Å². The molecule has 0 atom stereocenters. The van der Waals surface area contributed by atoms with Gasteiger partial charge in [0, 0.05) is 6.42 Å². The minimum absolute atomic E-state index is 0.0587. The normalized spacial score (nSPS) is 13.7.